The molecule has 0 atom stereocenters. The summed E-state index contributed by atoms with van der Waals surface area (Å²) in [6, 6.07) is 7.93. The summed E-state index contributed by atoms with van der Waals surface area (Å²) in [6.45, 7) is 1.73. The average Bonchev–Trinajstić information content (AvgIpc) is 3.01. The highest BCUT2D eigenvalue weighted by atomic mass is 19.1. The first kappa shape index (κ1) is 16.4. The van der Waals surface area contributed by atoms with Crippen molar-refractivity contribution in [3.8, 4) is 0 Å². The second-order valence-electron chi connectivity index (χ2n) is 5.86. The van der Waals surface area contributed by atoms with Gasteiger partial charge < -0.3 is 9.64 Å². The van der Waals surface area contributed by atoms with Gasteiger partial charge in [0.1, 0.15) is 11.6 Å². The Morgan fingerprint density at radius 2 is 2.17 bits per heavy atom. The minimum atomic E-state index is -0.286. The Kier molecular flexibility index (Phi) is 5.10. The lowest BCUT2D eigenvalue weighted by atomic mass is 10.1. The Hall–Kier alpha value is -2.41. The molecule has 0 unspecified atom stereocenters. The third-order valence-corrected chi connectivity index (χ3v) is 4.24. The highest BCUT2D eigenvalue weighted by molar-refractivity contribution is 5.88. The maximum absolute atomic E-state index is 13.3. The van der Waals surface area contributed by atoms with Crippen molar-refractivity contribution < 1.29 is 13.9 Å². The zero-order chi connectivity index (χ0) is 16.9. The van der Waals surface area contributed by atoms with Crippen molar-refractivity contribution in [3.63, 3.8) is 0 Å². The molecule has 128 valence electrons. The molecule has 1 N–H and O–H groups in total. The van der Waals surface area contributed by atoms with Crippen LogP contribution < -0.4 is 5.32 Å². The fraction of sp³-hybridized carbons (Fsp3) is 0.412. The maximum atomic E-state index is 13.3. The molecular formula is C17H21FN4O2. The average molecular weight is 332 g/mol. The molecule has 6 nitrogen and oxygen atoms in total. The Bertz CT molecular complexity index is 695. The van der Waals surface area contributed by atoms with Crippen molar-refractivity contribution in [2.45, 2.75) is 25.5 Å². The first-order valence-corrected chi connectivity index (χ1v) is 8.00. The van der Waals surface area contributed by atoms with Gasteiger partial charge in [0.05, 0.1) is 18.8 Å². The number of piperidine rings is 1. The molecule has 0 bridgehead atoms. The highest BCUT2D eigenvalue weighted by Crippen LogP contribution is 2.16. The molecule has 0 radical (unpaired) electrons. The lowest BCUT2D eigenvalue weighted by Crippen LogP contribution is -2.43. The van der Waals surface area contributed by atoms with Gasteiger partial charge in [-0.05, 0) is 30.5 Å². The molecule has 1 saturated heterocycles. The molecule has 2 aromatic rings. The number of aromatic nitrogens is 2. The Balaban J connectivity index is 1.62. The molecule has 1 fully saturated rings. The number of urea groups is 1. The summed E-state index contributed by atoms with van der Waals surface area (Å²) >= 11 is 0. The number of anilines is 1. The smallest absolute Gasteiger partial charge is 0.323 e. The summed E-state index contributed by atoms with van der Waals surface area (Å²) < 4.78 is 20.3. The molecule has 3 rings (SSSR count). The number of halogens is 1. The minimum absolute atomic E-state index is 0.148. The predicted octanol–water partition coefficient (Wildman–Crippen LogP) is 2.71. The van der Waals surface area contributed by atoms with E-state index in [0.717, 1.165) is 18.4 Å². The first-order chi connectivity index (χ1) is 11.7. The number of amides is 2. The topological polar surface area (TPSA) is 59.4 Å². The molecule has 2 heterocycles. The van der Waals surface area contributed by atoms with Crippen LogP contribution in [0.15, 0.2) is 36.5 Å². The van der Waals surface area contributed by atoms with E-state index >= 15 is 0 Å². The predicted molar refractivity (Wildman–Crippen MR) is 88.4 cm³/mol. The number of ether oxygens (including phenoxy) is 1. The van der Waals surface area contributed by atoms with E-state index in [4.69, 9.17) is 4.74 Å². The van der Waals surface area contributed by atoms with Crippen molar-refractivity contribution in [1.82, 2.24) is 14.7 Å². The van der Waals surface area contributed by atoms with Crippen LogP contribution in [-0.2, 0) is 11.3 Å². The highest BCUT2D eigenvalue weighted by Gasteiger charge is 2.23. The van der Waals surface area contributed by atoms with E-state index < -0.39 is 0 Å². The van der Waals surface area contributed by atoms with Crippen LogP contribution in [0.5, 0.6) is 0 Å². The maximum Gasteiger partial charge on any atom is 0.323 e. The van der Waals surface area contributed by atoms with Crippen LogP contribution in [0.1, 0.15) is 18.4 Å². The van der Waals surface area contributed by atoms with E-state index in [1.54, 1.807) is 35.0 Å². The summed E-state index contributed by atoms with van der Waals surface area (Å²) in [5, 5.41) is 7.09. The summed E-state index contributed by atoms with van der Waals surface area (Å²) in [5.74, 6) is 0.310. The fourth-order valence-corrected chi connectivity index (χ4v) is 2.86. The summed E-state index contributed by atoms with van der Waals surface area (Å²) in [4.78, 5) is 14.2. The first-order valence-electron chi connectivity index (χ1n) is 8.00. The molecule has 1 aromatic heterocycles. The van der Waals surface area contributed by atoms with Gasteiger partial charge in [0.25, 0.3) is 0 Å². The van der Waals surface area contributed by atoms with Gasteiger partial charge in [0, 0.05) is 26.3 Å². The van der Waals surface area contributed by atoms with Gasteiger partial charge in [0.15, 0.2) is 0 Å². The number of nitrogens with zero attached hydrogens (tertiary/aromatic N) is 3. The summed E-state index contributed by atoms with van der Waals surface area (Å²) in [6.07, 6.45) is 3.53. The Morgan fingerprint density at radius 3 is 2.88 bits per heavy atom. The van der Waals surface area contributed by atoms with Crippen LogP contribution in [0.25, 0.3) is 0 Å². The summed E-state index contributed by atoms with van der Waals surface area (Å²) in [5.41, 5.74) is 0.787. The van der Waals surface area contributed by atoms with Crippen molar-refractivity contribution >= 4 is 11.8 Å². The number of rotatable bonds is 4. The normalized spacial score (nSPS) is 15.5. The van der Waals surface area contributed by atoms with Crippen LogP contribution in [0.4, 0.5) is 15.0 Å². The molecule has 0 saturated carbocycles. The van der Waals surface area contributed by atoms with Crippen molar-refractivity contribution in [1.29, 1.82) is 0 Å². The van der Waals surface area contributed by atoms with Gasteiger partial charge >= 0.3 is 6.03 Å². The van der Waals surface area contributed by atoms with Gasteiger partial charge in [-0.2, -0.15) is 5.10 Å². The number of benzene rings is 1. The van der Waals surface area contributed by atoms with Gasteiger partial charge in [-0.1, -0.05) is 12.1 Å². The van der Waals surface area contributed by atoms with Gasteiger partial charge in [-0.25, -0.2) is 13.9 Å². The molecule has 1 aromatic carbocycles. The second-order valence-corrected chi connectivity index (χ2v) is 5.86. The van der Waals surface area contributed by atoms with E-state index in [-0.39, 0.29) is 18.0 Å². The zero-order valence-electron chi connectivity index (χ0n) is 13.6. The van der Waals surface area contributed by atoms with Gasteiger partial charge in [0.2, 0.25) is 0 Å². The third kappa shape index (κ3) is 3.91. The van der Waals surface area contributed by atoms with Crippen LogP contribution in [0, 0.1) is 5.82 Å². The Labute approximate surface area is 140 Å². The molecule has 1 aliphatic rings. The standard InChI is InChI=1S/C17H21FN4O2/c1-24-15-6-9-21(10-7-15)17(23)20-16-5-8-19-22(16)12-13-3-2-4-14(18)11-13/h2-5,8,11,15H,6-7,9-10,12H2,1H3,(H,20,23). The van der Waals surface area contributed by atoms with Crippen LogP contribution in [-0.4, -0.2) is 47.0 Å². The number of nitrogens with one attached hydrogen (secondary N) is 1. The quantitative estimate of drug-likeness (QED) is 0.936. The number of carbonyl (C=O) groups is 1. The zero-order valence-corrected chi connectivity index (χ0v) is 13.6. The second kappa shape index (κ2) is 7.44. The van der Waals surface area contributed by atoms with E-state index in [1.165, 1.54) is 12.1 Å². The van der Waals surface area contributed by atoms with Crippen molar-refractivity contribution in [3.05, 3.63) is 47.9 Å². The largest absolute Gasteiger partial charge is 0.381 e. The number of likely N-dealkylation sites (tertiary alicyclic amines) is 1. The van der Waals surface area contributed by atoms with E-state index in [2.05, 4.69) is 10.4 Å². The third-order valence-electron chi connectivity index (χ3n) is 4.24. The molecule has 7 heteroatoms. The number of carbonyl (C=O) groups excluding carboxylic acids is 1. The van der Waals surface area contributed by atoms with Gasteiger partial charge in [-0.15, -0.1) is 0 Å². The number of methoxy groups -OCH3 is 1. The monoisotopic (exact) mass is 332 g/mol. The fourth-order valence-electron chi connectivity index (χ4n) is 2.86. The van der Waals surface area contributed by atoms with Crippen LogP contribution in [0.2, 0.25) is 0 Å². The number of hydrogen-bond acceptors (Lipinski definition) is 3. The SMILES string of the molecule is COC1CCN(C(=O)Nc2ccnn2Cc2cccc(F)c2)CC1. The van der Waals surface area contributed by atoms with Crippen molar-refractivity contribution in [2.24, 2.45) is 0 Å². The molecule has 1 aliphatic heterocycles. The minimum Gasteiger partial charge on any atom is -0.381 e. The lowest BCUT2D eigenvalue weighted by molar-refractivity contribution is 0.0521. The van der Waals surface area contributed by atoms with Crippen LogP contribution >= 0.6 is 0 Å². The molecule has 2 amide bonds. The molecule has 0 spiro atoms. The molecular weight excluding hydrogens is 311 g/mol. The van der Waals surface area contributed by atoms with Crippen molar-refractivity contribution in [2.75, 3.05) is 25.5 Å². The number of hydrogen-bond donors (Lipinski definition) is 1. The van der Waals surface area contributed by atoms with Crippen LogP contribution in [0.3, 0.4) is 0 Å². The Morgan fingerprint density at radius 1 is 1.38 bits per heavy atom. The van der Waals surface area contributed by atoms with Gasteiger partial charge in [-0.3, -0.25) is 5.32 Å². The van der Waals surface area contributed by atoms with E-state index in [0.29, 0.717) is 25.5 Å². The van der Waals surface area contributed by atoms with E-state index in [1.807, 2.05) is 6.07 Å². The molecule has 0 aliphatic carbocycles. The lowest BCUT2D eigenvalue weighted by Gasteiger charge is -2.31. The molecule has 24 heavy (non-hydrogen) atoms. The summed E-state index contributed by atoms with van der Waals surface area (Å²) in [7, 11) is 1.70. The van der Waals surface area contributed by atoms with E-state index in [9.17, 15) is 9.18 Å².